The van der Waals surface area contributed by atoms with Gasteiger partial charge in [0.2, 0.25) is 11.8 Å². The maximum Gasteiger partial charge on any atom is 0.573 e. The van der Waals surface area contributed by atoms with Crippen molar-refractivity contribution in [3.05, 3.63) is 24.3 Å². The first-order valence-electron chi connectivity index (χ1n) is 6.71. The van der Waals surface area contributed by atoms with E-state index in [1.165, 1.54) is 19.2 Å². The lowest BCUT2D eigenvalue weighted by Crippen LogP contribution is -2.17. The molecule has 24 heavy (non-hydrogen) atoms. The number of halogens is 3. The van der Waals surface area contributed by atoms with Gasteiger partial charge in [-0.3, -0.25) is 0 Å². The van der Waals surface area contributed by atoms with Gasteiger partial charge < -0.3 is 25.7 Å². The maximum atomic E-state index is 12.4. The second-order valence-electron chi connectivity index (χ2n) is 4.56. The fourth-order valence-corrected chi connectivity index (χ4v) is 1.92. The van der Waals surface area contributed by atoms with Crippen LogP contribution in [0.5, 0.6) is 11.6 Å². The highest BCUT2D eigenvalue weighted by atomic mass is 19.4. The molecule has 1 aromatic heterocycles. The van der Waals surface area contributed by atoms with Gasteiger partial charge in [-0.05, 0) is 17.7 Å². The largest absolute Gasteiger partial charge is 0.573 e. The van der Waals surface area contributed by atoms with Crippen LogP contribution >= 0.6 is 0 Å². The molecule has 0 saturated carbocycles. The minimum atomic E-state index is -4.81. The minimum absolute atomic E-state index is 0.0286. The highest BCUT2D eigenvalue weighted by Gasteiger charge is 2.31. The summed E-state index contributed by atoms with van der Waals surface area (Å²) in [4.78, 5) is 7.75. The summed E-state index contributed by atoms with van der Waals surface area (Å²) >= 11 is 0. The van der Waals surface area contributed by atoms with Gasteiger partial charge in [-0.1, -0.05) is 12.1 Å². The zero-order valence-corrected chi connectivity index (χ0v) is 12.6. The Kier molecular flexibility index (Phi) is 5.29. The summed E-state index contributed by atoms with van der Waals surface area (Å²) in [5.41, 5.74) is 11.9. The van der Waals surface area contributed by atoms with Crippen molar-refractivity contribution in [2.45, 2.75) is 6.36 Å². The Morgan fingerprint density at radius 1 is 1.12 bits per heavy atom. The molecule has 2 aromatic rings. The molecule has 0 unspecified atom stereocenters. The first-order chi connectivity index (χ1) is 11.3. The second kappa shape index (κ2) is 7.21. The fourth-order valence-electron chi connectivity index (χ4n) is 1.92. The normalized spacial score (nSPS) is 11.3. The third-order valence-electron chi connectivity index (χ3n) is 2.80. The van der Waals surface area contributed by atoms with Crippen molar-refractivity contribution in [2.24, 2.45) is 0 Å². The van der Waals surface area contributed by atoms with Crippen LogP contribution in [0, 0.1) is 0 Å². The first kappa shape index (κ1) is 17.6. The molecule has 1 aromatic carbocycles. The van der Waals surface area contributed by atoms with Crippen molar-refractivity contribution in [1.82, 2.24) is 9.97 Å². The summed E-state index contributed by atoms with van der Waals surface area (Å²) in [5, 5.41) is 0. The number of ether oxygens (including phenoxy) is 3. The summed E-state index contributed by atoms with van der Waals surface area (Å²) in [6.45, 7) is 0.429. The highest BCUT2D eigenvalue weighted by molar-refractivity contribution is 5.79. The van der Waals surface area contributed by atoms with Crippen molar-refractivity contribution in [1.29, 1.82) is 0 Å². The Hall–Kier alpha value is -2.75. The predicted octanol–water partition coefficient (Wildman–Crippen LogP) is 2.23. The van der Waals surface area contributed by atoms with Gasteiger partial charge in [0, 0.05) is 7.11 Å². The smallest absolute Gasteiger partial charge is 0.475 e. The van der Waals surface area contributed by atoms with Crippen LogP contribution in [-0.2, 0) is 4.74 Å². The second-order valence-corrected chi connectivity index (χ2v) is 4.56. The Morgan fingerprint density at radius 2 is 1.88 bits per heavy atom. The van der Waals surface area contributed by atoms with E-state index in [1.54, 1.807) is 0 Å². The molecule has 130 valence electrons. The van der Waals surface area contributed by atoms with E-state index in [4.69, 9.17) is 20.9 Å². The third kappa shape index (κ3) is 4.62. The lowest BCUT2D eigenvalue weighted by atomic mass is 10.1. The van der Waals surface area contributed by atoms with Crippen LogP contribution in [0.15, 0.2) is 24.3 Å². The summed E-state index contributed by atoms with van der Waals surface area (Å²) in [6, 6.07) is 5.22. The summed E-state index contributed by atoms with van der Waals surface area (Å²) in [7, 11) is 1.49. The van der Waals surface area contributed by atoms with Crippen LogP contribution in [0.1, 0.15) is 0 Å². The van der Waals surface area contributed by atoms with Gasteiger partial charge in [-0.2, -0.15) is 9.97 Å². The van der Waals surface area contributed by atoms with Crippen LogP contribution in [-0.4, -0.2) is 36.7 Å². The van der Waals surface area contributed by atoms with Crippen LogP contribution in [0.4, 0.5) is 24.9 Å². The van der Waals surface area contributed by atoms with Gasteiger partial charge >= 0.3 is 6.36 Å². The molecule has 0 atom stereocenters. The van der Waals surface area contributed by atoms with E-state index in [0.717, 1.165) is 12.1 Å². The number of benzene rings is 1. The molecule has 7 nitrogen and oxygen atoms in total. The molecule has 0 bridgehead atoms. The molecule has 4 N–H and O–H groups in total. The molecule has 0 aliphatic carbocycles. The summed E-state index contributed by atoms with van der Waals surface area (Å²) in [6.07, 6.45) is -4.81. The fraction of sp³-hybridized carbons (Fsp3) is 0.286. The van der Waals surface area contributed by atoms with E-state index in [-0.39, 0.29) is 36.4 Å². The van der Waals surface area contributed by atoms with Crippen LogP contribution in [0.3, 0.4) is 0 Å². The Bertz CT molecular complexity index is 710. The zero-order chi connectivity index (χ0) is 17.7. The van der Waals surface area contributed by atoms with Gasteiger partial charge in [-0.25, -0.2) is 0 Å². The third-order valence-corrected chi connectivity index (χ3v) is 2.80. The Balaban J connectivity index is 2.41. The topological polar surface area (TPSA) is 106 Å². The molecule has 0 aliphatic rings. The van der Waals surface area contributed by atoms with E-state index in [1.807, 2.05) is 0 Å². The molecule has 0 fully saturated rings. The first-order valence-corrected chi connectivity index (χ1v) is 6.71. The number of aromatic nitrogens is 2. The number of alkyl halides is 3. The van der Waals surface area contributed by atoms with Crippen molar-refractivity contribution in [3.63, 3.8) is 0 Å². The molecule has 0 saturated heterocycles. The highest BCUT2D eigenvalue weighted by Crippen LogP contribution is 2.36. The van der Waals surface area contributed by atoms with E-state index in [9.17, 15) is 13.2 Å². The van der Waals surface area contributed by atoms with E-state index in [2.05, 4.69) is 14.7 Å². The van der Waals surface area contributed by atoms with Crippen molar-refractivity contribution >= 4 is 11.8 Å². The van der Waals surface area contributed by atoms with Gasteiger partial charge in [0.1, 0.15) is 18.2 Å². The number of anilines is 2. The predicted molar refractivity (Wildman–Crippen MR) is 80.3 cm³/mol. The lowest BCUT2D eigenvalue weighted by molar-refractivity contribution is -0.274. The maximum absolute atomic E-state index is 12.4. The number of rotatable bonds is 6. The molecule has 0 spiro atoms. The number of methoxy groups -OCH3 is 1. The zero-order valence-electron chi connectivity index (χ0n) is 12.6. The van der Waals surface area contributed by atoms with Gasteiger partial charge in [0.25, 0.3) is 0 Å². The SMILES string of the molecule is COCCOc1nc(N)nc(N)c1-c1cccc(OC(F)(F)F)c1. The number of nitrogens with zero attached hydrogens (tertiary/aromatic N) is 2. The minimum Gasteiger partial charge on any atom is -0.475 e. The van der Waals surface area contributed by atoms with Crippen LogP contribution in [0.25, 0.3) is 11.1 Å². The molecule has 0 amide bonds. The molecule has 10 heteroatoms. The van der Waals surface area contributed by atoms with Gasteiger partial charge in [0.15, 0.2) is 0 Å². The quantitative estimate of drug-likeness (QED) is 0.774. The average molecular weight is 344 g/mol. The molecule has 2 rings (SSSR count). The lowest BCUT2D eigenvalue weighted by Gasteiger charge is -2.14. The molecule has 1 heterocycles. The number of nitrogens with two attached hydrogens (primary N) is 2. The monoisotopic (exact) mass is 344 g/mol. The molecule has 0 radical (unpaired) electrons. The summed E-state index contributed by atoms with van der Waals surface area (Å²) < 4.78 is 51.3. The van der Waals surface area contributed by atoms with Crippen LogP contribution < -0.4 is 20.9 Å². The molecule has 0 aliphatic heterocycles. The summed E-state index contributed by atoms with van der Waals surface area (Å²) in [5.74, 6) is -0.509. The molecular formula is C14H15F3N4O3. The van der Waals surface area contributed by atoms with Crippen molar-refractivity contribution in [3.8, 4) is 22.8 Å². The Labute approximate surface area is 135 Å². The van der Waals surface area contributed by atoms with Crippen molar-refractivity contribution in [2.75, 3.05) is 31.8 Å². The number of nitrogen functional groups attached to an aromatic ring is 2. The van der Waals surface area contributed by atoms with E-state index < -0.39 is 12.1 Å². The van der Waals surface area contributed by atoms with Gasteiger partial charge in [0.05, 0.1) is 12.2 Å². The van der Waals surface area contributed by atoms with Crippen LogP contribution in [0.2, 0.25) is 0 Å². The Morgan fingerprint density at radius 3 is 2.54 bits per heavy atom. The van der Waals surface area contributed by atoms with Gasteiger partial charge in [-0.15, -0.1) is 13.2 Å². The van der Waals surface area contributed by atoms with E-state index in [0.29, 0.717) is 5.56 Å². The average Bonchev–Trinajstić information content (AvgIpc) is 2.45. The standard InChI is InChI=1S/C14H15F3N4O3/c1-22-5-6-23-12-10(11(18)20-13(19)21-12)8-3-2-4-9(7-8)24-14(15,16)17/h2-4,7H,5-6H2,1H3,(H4,18,19,20,21). The van der Waals surface area contributed by atoms with Crippen molar-refractivity contribution < 1.29 is 27.4 Å². The number of hydrogen-bond acceptors (Lipinski definition) is 7. The number of hydrogen-bond donors (Lipinski definition) is 2. The molecular weight excluding hydrogens is 329 g/mol. The van der Waals surface area contributed by atoms with E-state index >= 15 is 0 Å².